The standard InChI is InChI=1S/C19H36N6O.HI/c1-7-15(8-2)17(23(4)5)12-21-19(20-3)25-9-10-26-18(14-25)16-11-22-24(6)13-16;/h11,13,15,17-18H,7-10,12,14H2,1-6H3,(H,20,21);1H. The van der Waals surface area contributed by atoms with E-state index < -0.39 is 0 Å². The van der Waals surface area contributed by atoms with Gasteiger partial charge in [0.2, 0.25) is 0 Å². The molecule has 2 heterocycles. The zero-order valence-corrected chi connectivity index (χ0v) is 20.0. The maximum atomic E-state index is 5.95. The molecule has 1 fully saturated rings. The third-order valence-electron chi connectivity index (χ3n) is 5.40. The van der Waals surface area contributed by atoms with Crippen LogP contribution in [-0.4, -0.2) is 79.0 Å². The van der Waals surface area contributed by atoms with Crippen molar-refractivity contribution in [2.75, 3.05) is 47.4 Å². The number of rotatable bonds is 7. The Balaban J connectivity index is 0.00000364. The molecule has 1 saturated heterocycles. The first kappa shape index (κ1) is 24.2. The van der Waals surface area contributed by atoms with Gasteiger partial charge in [-0.2, -0.15) is 5.10 Å². The van der Waals surface area contributed by atoms with E-state index in [1.807, 2.05) is 31.2 Å². The van der Waals surface area contributed by atoms with Crippen molar-refractivity contribution in [3.8, 4) is 0 Å². The number of morpholine rings is 1. The zero-order chi connectivity index (χ0) is 19.1. The normalized spacial score (nSPS) is 19.3. The molecule has 2 unspecified atom stereocenters. The summed E-state index contributed by atoms with van der Waals surface area (Å²) in [6.07, 6.45) is 6.35. The predicted octanol–water partition coefficient (Wildman–Crippen LogP) is 2.35. The fraction of sp³-hybridized carbons (Fsp3) is 0.789. The van der Waals surface area contributed by atoms with E-state index in [2.05, 4.69) is 53.2 Å². The number of halogens is 1. The molecule has 1 N–H and O–H groups in total. The summed E-state index contributed by atoms with van der Waals surface area (Å²) in [7, 11) is 8.13. The minimum absolute atomic E-state index is 0. The molecule has 2 atom stereocenters. The molecule has 0 aliphatic carbocycles. The highest BCUT2D eigenvalue weighted by molar-refractivity contribution is 14.0. The number of hydrogen-bond donors (Lipinski definition) is 1. The van der Waals surface area contributed by atoms with Gasteiger partial charge in [-0.15, -0.1) is 24.0 Å². The minimum Gasteiger partial charge on any atom is -0.370 e. The van der Waals surface area contributed by atoms with E-state index in [0.29, 0.717) is 18.6 Å². The summed E-state index contributed by atoms with van der Waals surface area (Å²) in [5, 5.41) is 7.87. The monoisotopic (exact) mass is 492 g/mol. The lowest BCUT2D eigenvalue weighted by Crippen LogP contribution is -2.52. The van der Waals surface area contributed by atoms with Crippen molar-refractivity contribution in [3.05, 3.63) is 18.0 Å². The van der Waals surface area contributed by atoms with Crippen LogP contribution in [0.15, 0.2) is 17.4 Å². The number of guanidine groups is 1. The Bertz CT molecular complexity index is 572. The molecule has 1 aliphatic heterocycles. The van der Waals surface area contributed by atoms with Crippen molar-refractivity contribution in [3.63, 3.8) is 0 Å². The second kappa shape index (κ2) is 11.9. The number of likely N-dealkylation sites (N-methyl/N-ethyl adjacent to an activating group) is 1. The summed E-state index contributed by atoms with van der Waals surface area (Å²) in [4.78, 5) is 9.15. The SMILES string of the molecule is CCC(CC)C(CNC(=NC)N1CCOC(c2cnn(C)c2)C1)N(C)C.I. The second-order valence-corrected chi connectivity index (χ2v) is 7.29. The number of hydrogen-bond acceptors (Lipinski definition) is 4. The zero-order valence-electron chi connectivity index (χ0n) is 17.7. The predicted molar refractivity (Wildman–Crippen MR) is 122 cm³/mol. The Morgan fingerprint density at radius 1 is 1.41 bits per heavy atom. The molecule has 27 heavy (non-hydrogen) atoms. The van der Waals surface area contributed by atoms with Gasteiger partial charge in [-0.1, -0.05) is 26.7 Å². The Hall–Kier alpha value is -0.870. The van der Waals surface area contributed by atoms with Crippen molar-refractivity contribution in [2.45, 2.75) is 38.8 Å². The molecule has 2 rings (SSSR count). The highest BCUT2D eigenvalue weighted by Gasteiger charge is 2.26. The highest BCUT2D eigenvalue weighted by Crippen LogP contribution is 2.22. The number of nitrogens with one attached hydrogen (secondary N) is 1. The maximum Gasteiger partial charge on any atom is 0.193 e. The van der Waals surface area contributed by atoms with E-state index in [1.54, 1.807) is 0 Å². The molecule has 0 amide bonds. The van der Waals surface area contributed by atoms with Gasteiger partial charge in [-0.25, -0.2) is 0 Å². The van der Waals surface area contributed by atoms with Crippen LogP contribution in [0.5, 0.6) is 0 Å². The molecule has 0 spiro atoms. The summed E-state index contributed by atoms with van der Waals surface area (Å²) >= 11 is 0. The van der Waals surface area contributed by atoms with Gasteiger partial charge in [0.1, 0.15) is 6.10 Å². The number of aromatic nitrogens is 2. The third kappa shape index (κ3) is 6.60. The van der Waals surface area contributed by atoms with Crippen LogP contribution >= 0.6 is 24.0 Å². The first-order valence-electron chi connectivity index (χ1n) is 9.72. The molecule has 156 valence electrons. The molecule has 1 aliphatic rings. The maximum absolute atomic E-state index is 5.95. The Morgan fingerprint density at radius 3 is 2.63 bits per heavy atom. The van der Waals surface area contributed by atoms with E-state index >= 15 is 0 Å². The van der Waals surface area contributed by atoms with Crippen molar-refractivity contribution in [2.24, 2.45) is 18.0 Å². The minimum atomic E-state index is 0. The lowest BCUT2D eigenvalue weighted by molar-refractivity contribution is -0.00816. The molecular weight excluding hydrogens is 455 g/mol. The average Bonchev–Trinajstić information content (AvgIpc) is 3.08. The van der Waals surface area contributed by atoms with E-state index in [-0.39, 0.29) is 30.1 Å². The topological polar surface area (TPSA) is 57.9 Å². The number of nitrogens with zero attached hydrogens (tertiary/aromatic N) is 5. The van der Waals surface area contributed by atoms with Crippen LogP contribution in [0.3, 0.4) is 0 Å². The van der Waals surface area contributed by atoms with Crippen LogP contribution in [-0.2, 0) is 11.8 Å². The smallest absolute Gasteiger partial charge is 0.193 e. The first-order chi connectivity index (χ1) is 12.5. The Morgan fingerprint density at radius 2 is 2.11 bits per heavy atom. The van der Waals surface area contributed by atoms with Crippen LogP contribution in [0.4, 0.5) is 0 Å². The third-order valence-corrected chi connectivity index (χ3v) is 5.40. The van der Waals surface area contributed by atoms with Gasteiger partial charge in [0.25, 0.3) is 0 Å². The lowest BCUT2D eigenvalue weighted by atomic mass is 9.93. The molecule has 1 aromatic rings. The summed E-state index contributed by atoms with van der Waals surface area (Å²) in [6.45, 7) is 7.81. The Kier molecular flexibility index (Phi) is 10.6. The van der Waals surface area contributed by atoms with Crippen LogP contribution < -0.4 is 5.32 Å². The summed E-state index contributed by atoms with van der Waals surface area (Å²) < 4.78 is 7.77. The molecule has 0 aromatic carbocycles. The molecule has 0 radical (unpaired) electrons. The quantitative estimate of drug-likeness (QED) is 0.360. The van der Waals surface area contributed by atoms with Gasteiger partial charge in [-0.05, 0) is 20.0 Å². The van der Waals surface area contributed by atoms with Gasteiger partial charge in [0.15, 0.2) is 5.96 Å². The molecule has 8 heteroatoms. The fourth-order valence-corrected chi connectivity index (χ4v) is 3.78. The second-order valence-electron chi connectivity index (χ2n) is 7.29. The largest absolute Gasteiger partial charge is 0.370 e. The van der Waals surface area contributed by atoms with Crippen molar-refractivity contribution >= 4 is 29.9 Å². The number of aryl methyl sites for hydroxylation is 1. The fourth-order valence-electron chi connectivity index (χ4n) is 3.78. The van der Waals surface area contributed by atoms with Crippen LogP contribution in [0, 0.1) is 5.92 Å². The van der Waals surface area contributed by atoms with Crippen LogP contribution in [0.1, 0.15) is 38.4 Å². The molecular formula is C19H37IN6O. The molecule has 7 nitrogen and oxygen atoms in total. The van der Waals surface area contributed by atoms with Crippen molar-refractivity contribution < 1.29 is 4.74 Å². The highest BCUT2D eigenvalue weighted by atomic mass is 127. The van der Waals surface area contributed by atoms with Gasteiger partial charge in [-0.3, -0.25) is 9.67 Å². The summed E-state index contributed by atoms with van der Waals surface area (Å²) in [5.41, 5.74) is 1.12. The van der Waals surface area contributed by atoms with Gasteiger partial charge in [0, 0.05) is 45.0 Å². The van der Waals surface area contributed by atoms with E-state index in [4.69, 9.17) is 4.74 Å². The van der Waals surface area contributed by atoms with Gasteiger partial charge in [0.05, 0.1) is 19.3 Å². The number of aliphatic imine (C=N–C) groups is 1. The van der Waals surface area contributed by atoms with Crippen LogP contribution in [0.2, 0.25) is 0 Å². The number of ether oxygens (including phenoxy) is 1. The molecule has 1 aromatic heterocycles. The van der Waals surface area contributed by atoms with E-state index in [0.717, 1.165) is 31.2 Å². The summed E-state index contributed by atoms with van der Waals surface area (Å²) in [6, 6.07) is 0.497. The molecule has 0 bridgehead atoms. The average molecular weight is 492 g/mol. The van der Waals surface area contributed by atoms with Gasteiger partial charge >= 0.3 is 0 Å². The van der Waals surface area contributed by atoms with Gasteiger partial charge < -0.3 is 19.9 Å². The first-order valence-corrected chi connectivity index (χ1v) is 9.72. The summed E-state index contributed by atoms with van der Waals surface area (Å²) in [5.74, 6) is 1.64. The Labute approximate surface area is 181 Å². The molecule has 0 saturated carbocycles. The van der Waals surface area contributed by atoms with E-state index in [9.17, 15) is 0 Å². The van der Waals surface area contributed by atoms with Crippen molar-refractivity contribution in [1.29, 1.82) is 0 Å². The van der Waals surface area contributed by atoms with Crippen LogP contribution in [0.25, 0.3) is 0 Å². The van der Waals surface area contributed by atoms with Crippen molar-refractivity contribution in [1.82, 2.24) is 24.9 Å². The van der Waals surface area contributed by atoms with E-state index in [1.165, 1.54) is 12.8 Å². The lowest BCUT2D eigenvalue weighted by Gasteiger charge is -2.37.